The van der Waals surface area contributed by atoms with Crippen LogP contribution >= 0.6 is 0 Å². The molecule has 1 fully saturated rings. The lowest BCUT2D eigenvalue weighted by Gasteiger charge is -2.32. The number of carbonyl (C=O) groups is 2. The number of carboxylic acid groups (broad SMARTS) is 1. The maximum atomic E-state index is 12.7. The van der Waals surface area contributed by atoms with Crippen molar-refractivity contribution >= 4 is 17.6 Å². The van der Waals surface area contributed by atoms with Crippen molar-refractivity contribution in [2.75, 3.05) is 11.4 Å². The van der Waals surface area contributed by atoms with Crippen LogP contribution in [0.2, 0.25) is 0 Å². The Bertz CT molecular complexity index is 673. The van der Waals surface area contributed by atoms with E-state index in [0.29, 0.717) is 12.5 Å². The number of benzene rings is 1. The summed E-state index contributed by atoms with van der Waals surface area (Å²) in [5.41, 5.74) is 0.785. The van der Waals surface area contributed by atoms with Gasteiger partial charge in [0, 0.05) is 18.3 Å². The predicted molar refractivity (Wildman–Crippen MR) is 81.1 cm³/mol. The molecule has 5 nitrogen and oxygen atoms in total. The van der Waals surface area contributed by atoms with E-state index < -0.39 is 5.97 Å². The SMILES string of the molecule is O=C(O)c1coc(C(=O)N(CC2CCC2)c2ccccc2)c1. The van der Waals surface area contributed by atoms with Gasteiger partial charge >= 0.3 is 5.97 Å². The first-order chi connectivity index (χ1) is 10.6. The number of nitrogens with zero attached hydrogens (tertiary/aromatic N) is 1. The van der Waals surface area contributed by atoms with E-state index in [0.717, 1.165) is 24.8 Å². The van der Waals surface area contributed by atoms with E-state index in [1.165, 1.54) is 12.5 Å². The first-order valence-electron chi connectivity index (χ1n) is 7.34. The van der Waals surface area contributed by atoms with Crippen LogP contribution in [0.4, 0.5) is 5.69 Å². The van der Waals surface area contributed by atoms with E-state index in [-0.39, 0.29) is 17.2 Å². The fourth-order valence-corrected chi connectivity index (χ4v) is 2.54. The van der Waals surface area contributed by atoms with Crippen molar-refractivity contribution in [3.05, 3.63) is 54.0 Å². The van der Waals surface area contributed by atoms with Crippen LogP contribution < -0.4 is 4.90 Å². The van der Waals surface area contributed by atoms with Crippen molar-refractivity contribution in [1.82, 2.24) is 0 Å². The van der Waals surface area contributed by atoms with Crippen LogP contribution in [0, 0.1) is 5.92 Å². The molecule has 0 bridgehead atoms. The molecular formula is C17H17NO4. The number of amides is 1. The van der Waals surface area contributed by atoms with Gasteiger partial charge in [-0.2, -0.15) is 0 Å². The lowest BCUT2D eigenvalue weighted by molar-refractivity contribution is 0.0696. The summed E-state index contributed by atoms with van der Waals surface area (Å²) < 4.78 is 5.15. The van der Waals surface area contributed by atoms with Crippen LogP contribution in [0.1, 0.15) is 40.2 Å². The highest BCUT2D eigenvalue weighted by atomic mass is 16.4. The van der Waals surface area contributed by atoms with Gasteiger partial charge in [0.05, 0.1) is 5.56 Å². The molecule has 0 aliphatic heterocycles. The molecule has 0 atom stereocenters. The molecule has 1 N–H and O–H groups in total. The van der Waals surface area contributed by atoms with Crippen LogP contribution in [0.3, 0.4) is 0 Å². The van der Waals surface area contributed by atoms with Gasteiger partial charge < -0.3 is 14.4 Å². The normalized spacial score (nSPS) is 14.4. The molecule has 1 saturated carbocycles. The minimum Gasteiger partial charge on any atom is -0.478 e. The molecule has 114 valence electrons. The Labute approximate surface area is 128 Å². The maximum Gasteiger partial charge on any atom is 0.338 e. The lowest BCUT2D eigenvalue weighted by Crippen LogP contribution is -2.37. The monoisotopic (exact) mass is 299 g/mol. The van der Waals surface area contributed by atoms with E-state index >= 15 is 0 Å². The largest absolute Gasteiger partial charge is 0.478 e. The van der Waals surface area contributed by atoms with E-state index in [9.17, 15) is 9.59 Å². The first kappa shape index (κ1) is 14.4. The number of rotatable bonds is 5. The second-order valence-corrected chi connectivity index (χ2v) is 5.55. The molecule has 0 saturated heterocycles. The molecule has 1 aromatic heterocycles. The summed E-state index contributed by atoms with van der Waals surface area (Å²) in [5, 5.41) is 8.94. The van der Waals surface area contributed by atoms with Crippen LogP contribution in [0.15, 0.2) is 47.1 Å². The third-order valence-electron chi connectivity index (χ3n) is 4.04. The quantitative estimate of drug-likeness (QED) is 0.918. The molecule has 2 aromatic rings. The lowest BCUT2D eigenvalue weighted by atomic mass is 9.85. The van der Waals surface area contributed by atoms with E-state index in [1.807, 2.05) is 30.3 Å². The van der Waals surface area contributed by atoms with Crippen LogP contribution in [-0.2, 0) is 0 Å². The summed E-state index contributed by atoms with van der Waals surface area (Å²) in [6.07, 6.45) is 4.54. The van der Waals surface area contributed by atoms with Gasteiger partial charge in [-0.05, 0) is 30.9 Å². The second-order valence-electron chi connectivity index (χ2n) is 5.55. The third-order valence-corrected chi connectivity index (χ3v) is 4.04. The van der Waals surface area contributed by atoms with Gasteiger partial charge in [0.2, 0.25) is 0 Å². The Morgan fingerprint density at radius 3 is 2.50 bits per heavy atom. The van der Waals surface area contributed by atoms with E-state index in [2.05, 4.69) is 0 Å². The third kappa shape index (κ3) is 2.88. The van der Waals surface area contributed by atoms with Gasteiger partial charge in [-0.3, -0.25) is 4.79 Å². The summed E-state index contributed by atoms with van der Waals surface area (Å²) in [6.45, 7) is 0.631. The average Bonchev–Trinajstić information content (AvgIpc) is 2.96. The number of hydrogen-bond donors (Lipinski definition) is 1. The van der Waals surface area contributed by atoms with Crippen LogP contribution in [-0.4, -0.2) is 23.5 Å². The van der Waals surface area contributed by atoms with Crippen molar-refractivity contribution in [2.24, 2.45) is 5.92 Å². The molecule has 1 heterocycles. The summed E-state index contributed by atoms with van der Waals surface area (Å²) in [6, 6.07) is 10.7. The Balaban J connectivity index is 1.86. The number of anilines is 1. The first-order valence-corrected chi connectivity index (χ1v) is 7.34. The highest BCUT2D eigenvalue weighted by Crippen LogP contribution is 2.30. The van der Waals surface area contributed by atoms with Crippen molar-refractivity contribution < 1.29 is 19.1 Å². The second kappa shape index (κ2) is 6.05. The standard InChI is InChI=1S/C17H17NO4/c19-16(15-9-13(11-22-15)17(20)21)18(10-12-5-4-6-12)14-7-2-1-3-8-14/h1-3,7-9,11-12H,4-6,10H2,(H,20,21). The maximum absolute atomic E-state index is 12.7. The zero-order chi connectivity index (χ0) is 15.5. The molecule has 1 aliphatic carbocycles. The van der Waals surface area contributed by atoms with Crippen molar-refractivity contribution in [3.63, 3.8) is 0 Å². The molecule has 0 unspecified atom stereocenters. The molecule has 3 rings (SSSR count). The van der Waals surface area contributed by atoms with Gasteiger partial charge in [-0.1, -0.05) is 24.6 Å². The summed E-state index contributed by atoms with van der Waals surface area (Å²) in [5.74, 6) is -0.850. The molecule has 1 amide bonds. The molecular weight excluding hydrogens is 282 g/mol. The van der Waals surface area contributed by atoms with Crippen molar-refractivity contribution in [3.8, 4) is 0 Å². The minimum atomic E-state index is -1.10. The predicted octanol–water partition coefficient (Wildman–Crippen LogP) is 3.42. The Hall–Kier alpha value is -2.56. The summed E-state index contributed by atoms with van der Waals surface area (Å²) >= 11 is 0. The van der Waals surface area contributed by atoms with Crippen LogP contribution in [0.25, 0.3) is 0 Å². The zero-order valence-corrected chi connectivity index (χ0v) is 12.1. The van der Waals surface area contributed by atoms with Crippen molar-refractivity contribution in [2.45, 2.75) is 19.3 Å². The highest BCUT2D eigenvalue weighted by Gasteiger charge is 2.27. The summed E-state index contributed by atoms with van der Waals surface area (Å²) in [4.78, 5) is 25.3. The Morgan fingerprint density at radius 1 is 1.23 bits per heavy atom. The minimum absolute atomic E-state index is 0.0139. The zero-order valence-electron chi connectivity index (χ0n) is 12.1. The number of para-hydroxylation sites is 1. The number of carboxylic acids is 1. The van der Waals surface area contributed by atoms with Crippen LogP contribution in [0.5, 0.6) is 0 Å². The van der Waals surface area contributed by atoms with Gasteiger partial charge in [-0.25, -0.2) is 4.79 Å². The van der Waals surface area contributed by atoms with Gasteiger partial charge in [0.15, 0.2) is 5.76 Å². The van der Waals surface area contributed by atoms with Crippen molar-refractivity contribution in [1.29, 1.82) is 0 Å². The smallest absolute Gasteiger partial charge is 0.338 e. The van der Waals surface area contributed by atoms with Gasteiger partial charge in [0.1, 0.15) is 6.26 Å². The highest BCUT2D eigenvalue weighted by molar-refractivity contribution is 6.05. The Morgan fingerprint density at radius 2 is 1.95 bits per heavy atom. The van der Waals surface area contributed by atoms with E-state index in [1.54, 1.807) is 4.90 Å². The Kier molecular flexibility index (Phi) is 3.96. The molecule has 0 radical (unpaired) electrons. The fourth-order valence-electron chi connectivity index (χ4n) is 2.54. The number of aromatic carboxylic acids is 1. The van der Waals surface area contributed by atoms with E-state index in [4.69, 9.17) is 9.52 Å². The molecule has 0 spiro atoms. The molecule has 1 aliphatic rings. The summed E-state index contributed by atoms with van der Waals surface area (Å²) in [7, 11) is 0. The average molecular weight is 299 g/mol. The fraction of sp³-hybridized carbons (Fsp3) is 0.294. The number of furan rings is 1. The molecule has 22 heavy (non-hydrogen) atoms. The molecule has 5 heteroatoms. The van der Waals surface area contributed by atoms with Gasteiger partial charge in [-0.15, -0.1) is 0 Å². The number of hydrogen-bond acceptors (Lipinski definition) is 3. The van der Waals surface area contributed by atoms with Gasteiger partial charge in [0.25, 0.3) is 5.91 Å². The molecule has 1 aromatic carbocycles. The number of carbonyl (C=O) groups excluding carboxylic acids is 1. The topological polar surface area (TPSA) is 70.7 Å².